The van der Waals surface area contributed by atoms with Gasteiger partial charge in [-0.15, -0.1) is 0 Å². The zero-order valence-electron chi connectivity index (χ0n) is 22.6. The average Bonchev–Trinajstić information content (AvgIpc) is 3.17. The van der Waals surface area contributed by atoms with Crippen LogP contribution >= 0.6 is 0 Å². The predicted octanol–water partition coefficient (Wildman–Crippen LogP) is 4.86. The third-order valence-corrected chi connectivity index (χ3v) is 8.11. The van der Waals surface area contributed by atoms with Gasteiger partial charge in [0.2, 0.25) is 11.8 Å². The number of aromatic hydroxyl groups is 1. The van der Waals surface area contributed by atoms with Crippen LogP contribution in [0.2, 0.25) is 6.32 Å². The van der Waals surface area contributed by atoms with Gasteiger partial charge < -0.3 is 19.5 Å². The van der Waals surface area contributed by atoms with Crippen molar-refractivity contribution in [3.8, 4) is 11.5 Å². The third-order valence-electron chi connectivity index (χ3n) is 8.11. The summed E-state index contributed by atoms with van der Waals surface area (Å²) in [5.74, 6) is -0.394. The molecule has 0 radical (unpaired) electrons. The molecule has 7 nitrogen and oxygen atoms in total. The van der Waals surface area contributed by atoms with Gasteiger partial charge in [0.15, 0.2) is 0 Å². The number of benzene rings is 2. The molecule has 2 aromatic rings. The van der Waals surface area contributed by atoms with Gasteiger partial charge in [0.05, 0.1) is 17.9 Å². The van der Waals surface area contributed by atoms with Crippen molar-refractivity contribution in [3.05, 3.63) is 76.9 Å². The lowest BCUT2D eigenvalue weighted by atomic mass is 9.58. The average molecular weight is 529 g/mol. The summed E-state index contributed by atoms with van der Waals surface area (Å²) in [6.45, 7) is 4.75. The monoisotopic (exact) mass is 529 g/mol. The number of amides is 2. The van der Waals surface area contributed by atoms with Crippen molar-refractivity contribution >= 4 is 25.0 Å². The van der Waals surface area contributed by atoms with Gasteiger partial charge >= 0.3 is 7.12 Å². The first-order valence-corrected chi connectivity index (χ1v) is 13.9. The van der Waals surface area contributed by atoms with Crippen molar-refractivity contribution < 1.29 is 29.1 Å². The fraction of sp³-hybridized carbons (Fsp3) is 0.419. The van der Waals surface area contributed by atoms with Crippen molar-refractivity contribution in [1.82, 2.24) is 4.90 Å². The molecule has 0 spiro atoms. The lowest BCUT2D eigenvalue weighted by molar-refractivity contribution is -0.140. The van der Waals surface area contributed by atoms with E-state index in [0.29, 0.717) is 38.7 Å². The number of imide groups is 1. The van der Waals surface area contributed by atoms with Crippen molar-refractivity contribution in [2.75, 3.05) is 13.2 Å². The van der Waals surface area contributed by atoms with Crippen LogP contribution in [0.4, 0.5) is 0 Å². The van der Waals surface area contributed by atoms with Crippen LogP contribution in [0.15, 0.2) is 71.3 Å². The number of allylic oxidation sites excluding steroid dienone is 1. The van der Waals surface area contributed by atoms with E-state index >= 15 is 0 Å². The molecule has 39 heavy (non-hydrogen) atoms. The summed E-state index contributed by atoms with van der Waals surface area (Å²) in [5, 5.41) is 20.3. The molecule has 2 aromatic carbocycles. The van der Waals surface area contributed by atoms with Gasteiger partial charge in [-0.3, -0.25) is 14.5 Å². The zero-order valence-corrected chi connectivity index (χ0v) is 22.6. The van der Waals surface area contributed by atoms with E-state index in [0.717, 1.165) is 34.5 Å². The number of phenols is 1. The fourth-order valence-electron chi connectivity index (χ4n) is 6.38. The van der Waals surface area contributed by atoms with Gasteiger partial charge in [0.1, 0.15) is 18.1 Å². The molecule has 2 saturated heterocycles. The Hall–Kier alpha value is -3.36. The molecule has 3 aliphatic rings. The van der Waals surface area contributed by atoms with Crippen LogP contribution in [0.3, 0.4) is 0 Å². The Kier molecular flexibility index (Phi) is 8.24. The Morgan fingerprint density at radius 3 is 2.56 bits per heavy atom. The van der Waals surface area contributed by atoms with Crippen LogP contribution in [0.25, 0.3) is 6.08 Å². The second kappa shape index (κ2) is 11.8. The highest BCUT2D eigenvalue weighted by atomic mass is 16.5. The van der Waals surface area contributed by atoms with E-state index < -0.39 is 19.0 Å². The fourth-order valence-corrected chi connectivity index (χ4v) is 6.38. The minimum atomic E-state index is -0.997. The molecule has 8 heteroatoms. The van der Waals surface area contributed by atoms with E-state index in [1.807, 2.05) is 49.4 Å². The van der Waals surface area contributed by atoms with E-state index in [4.69, 9.17) is 9.39 Å². The van der Waals surface area contributed by atoms with E-state index in [-0.39, 0.29) is 29.6 Å². The third kappa shape index (κ3) is 5.82. The Bertz CT molecular complexity index is 1260. The SMILES string of the molecule is CCCN1C(=O)[C@@H]2[C@@H](CC(COc3ccccc3)=C3[C@@H](CC/C(C)=C/c4ccc(O)cc4)OB(O)C[C@@H]32)C1=O. The lowest BCUT2D eigenvalue weighted by Crippen LogP contribution is -2.46. The molecular formula is C31H36BNO6. The smallest absolute Gasteiger partial charge is 0.455 e. The van der Waals surface area contributed by atoms with Gasteiger partial charge in [-0.1, -0.05) is 48.9 Å². The van der Waals surface area contributed by atoms with Crippen molar-refractivity contribution in [2.45, 2.75) is 52.0 Å². The standard InChI is InChI=1S/C31H36BNO6/c1-3-15-33-30(35)25-17-22(19-38-24-7-5-4-6-8-24)28-26(29(25)31(33)36)18-32(37)39-27(28)14-9-20(2)16-21-10-12-23(34)13-11-21/h4-8,10-13,16,25-27,29,34,37H,3,9,14-15,17-19H2,1-2H3/b20-16+/t25-,26+,27-,29-/m1/s1. The maximum atomic E-state index is 13.5. The highest BCUT2D eigenvalue weighted by Gasteiger charge is 2.57. The van der Waals surface area contributed by atoms with Crippen LogP contribution in [0, 0.1) is 17.8 Å². The quantitative estimate of drug-likeness (QED) is 0.274. The van der Waals surface area contributed by atoms with E-state index in [9.17, 15) is 19.7 Å². The molecule has 0 saturated carbocycles. The number of carbonyl (C=O) groups excluding carboxylic acids is 2. The number of fused-ring (bicyclic) bond motifs is 3. The van der Waals surface area contributed by atoms with Gasteiger partial charge in [-0.05, 0) is 85.8 Å². The van der Waals surface area contributed by atoms with Crippen LogP contribution in [0.1, 0.15) is 45.1 Å². The summed E-state index contributed by atoms with van der Waals surface area (Å²) in [6, 6.07) is 16.6. The topological polar surface area (TPSA) is 96.3 Å². The first-order chi connectivity index (χ1) is 18.9. The molecule has 0 unspecified atom stereocenters. The predicted molar refractivity (Wildman–Crippen MR) is 150 cm³/mol. The highest BCUT2D eigenvalue weighted by Crippen LogP contribution is 2.50. The summed E-state index contributed by atoms with van der Waals surface area (Å²) in [6.07, 6.45) is 4.53. The van der Waals surface area contributed by atoms with Crippen molar-refractivity contribution in [3.63, 3.8) is 0 Å². The van der Waals surface area contributed by atoms with E-state index in [2.05, 4.69) is 13.0 Å². The Labute approximate surface area is 230 Å². The molecule has 2 heterocycles. The molecule has 4 atom stereocenters. The van der Waals surface area contributed by atoms with Crippen LogP contribution in [-0.4, -0.2) is 53.2 Å². The van der Waals surface area contributed by atoms with Crippen LogP contribution in [-0.2, 0) is 14.2 Å². The second-order valence-electron chi connectivity index (χ2n) is 10.9. The summed E-state index contributed by atoms with van der Waals surface area (Å²) >= 11 is 0. The highest BCUT2D eigenvalue weighted by molar-refractivity contribution is 6.43. The number of phenolic OH excluding ortho intramolecular Hbond substituents is 1. The van der Waals surface area contributed by atoms with Gasteiger partial charge in [0, 0.05) is 6.54 Å². The van der Waals surface area contributed by atoms with Gasteiger partial charge in [-0.25, -0.2) is 0 Å². The van der Waals surface area contributed by atoms with Crippen molar-refractivity contribution in [2.24, 2.45) is 17.8 Å². The number of para-hydroxylation sites is 1. The minimum absolute atomic E-state index is 0.103. The van der Waals surface area contributed by atoms with Crippen LogP contribution < -0.4 is 4.74 Å². The lowest BCUT2D eigenvalue weighted by Gasteiger charge is -2.43. The second-order valence-corrected chi connectivity index (χ2v) is 10.9. The number of nitrogens with zero attached hydrogens (tertiary/aromatic N) is 1. The molecule has 0 bridgehead atoms. The van der Waals surface area contributed by atoms with Gasteiger partial charge in [-0.2, -0.15) is 0 Å². The normalized spacial score (nSPS) is 25.2. The molecule has 2 aliphatic heterocycles. The summed E-state index contributed by atoms with van der Waals surface area (Å²) in [7, 11) is -0.997. The number of hydrogen-bond donors (Lipinski definition) is 2. The van der Waals surface area contributed by atoms with Crippen LogP contribution in [0.5, 0.6) is 11.5 Å². The first-order valence-electron chi connectivity index (χ1n) is 13.9. The maximum Gasteiger partial charge on any atom is 0.455 e. The molecule has 0 aromatic heterocycles. The van der Waals surface area contributed by atoms with E-state index in [1.165, 1.54) is 4.90 Å². The molecule has 2 fully saturated rings. The summed E-state index contributed by atoms with van der Waals surface area (Å²) < 4.78 is 12.3. The Balaban J connectivity index is 1.43. The number of rotatable bonds is 9. The molecule has 2 amide bonds. The van der Waals surface area contributed by atoms with Crippen molar-refractivity contribution in [1.29, 1.82) is 0 Å². The Morgan fingerprint density at radius 2 is 1.85 bits per heavy atom. The summed E-state index contributed by atoms with van der Waals surface area (Å²) in [4.78, 5) is 28.2. The minimum Gasteiger partial charge on any atom is -0.508 e. The largest absolute Gasteiger partial charge is 0.508 e. The molecule has 1 aliphatic carbocycles. The Morgan fingerprint density at radius 1 is 1.10 bits per heavy atom. The number of ether oxygens (including phenoxy) is 1. The first kappa shape index (κ1) is 27.2. The maximum absolute atomic E-state index is 13.5. The summed E-state index contributed by atoms with van der Waals surface area (Å²) in [5.41, 5.74) is 4.16. The number of carbonyl (C=O) groups is 2. The molecule has 2 N–H and O–H groups in total. The molecule has 204 valence electrons. The number of hydrogen-bond acceptors (Lipinski definition) is 6. The zero-order chi connectivity index (χ0) is 27.5. The number of likely N-dealkylation sites (tertiary alicyclic amines) is 1. The molecular weight excluding hydrogens is 493 g/mol. The molecule has 5 rings (SSSR count). The van der Waals surface area contributed by atoms with Gasteiger partial charge in [0.25, 0.3) is 0 Å². The van der Waals surface area contributed by atoms with E-state index in [1.54, 1.807) is 12.1 Å².